The fraction of sp³-hybridized carbons (Fsp3) is 0.300. The van der Waals surface area contributed by atoms with Gasteiger partial charge in [0, 0.05) is 17.3 Å². The summed E-state index contributed by atoms with van der Waals surface area (Å²) in [4.78, 5) is 8.48. The number of aromatic amines is 1. The highest BCUT2D eigenvalue weighted by atomic mass is 35.5. The Morgan fingerprint density at radius 1 is 1.67 bits per heavy atom. The van der Waals surface area contributed by atoms with E-state index in [1.54, 1.807) is 17.5 Å². The van der Waals surface area contributed by atoms with Gasteiger partial charge < -0.3 is 10.3 Å². The minimum absolute atomic E-state index is 0.0671. The number of H-pyrrole nitrogens is 1. The van der Waals surface area contributed by atoms with Gasteiger partial charge in [0.1, 0.15) is 11.9 Å². The van der Waals surface area contributed by atoms with Crippen molar-refractivity contribution in [3.8, 4) is 0 Å². The Hall–Kier alpha value is -0.840. The third kappa shape index (κ3) is 2.22. The Morgan fingerprint density at radius 3 is 3.07 bits per heavy atom. The molecule has 0 amide bonds. The average molecular weight is 242 g/mol. The van der Waals surface area contributed by atoms with Crippen molar-refractivity contribution in [3.05, 3.63) is 39.6 Å². The molecule has 0 saturated heterocycles. The zero-order chi connectivity index (χ0) is 10.7. The highest BCUT2D eigenvalue weighted by Gasteiger charge is 2.19. The molecule has 3 nitrogen and oxygen atoms in total. The van der Waals surface area contributed by atoms with Crippen LogP contribution in [0.3, 0.4) is 0 Å². The first kappa shape index (κ1) is 10.7. The minimum Gasteiger partial charge on any atom is -0.347 e. The van der Waals surface area contributed by atoms with Crippen molar-refractivity contribution in [1.82, 2.24) is 15.3 Å². The first-order valence-corrected chi connectivity index (χ1v) is 6.04. The van der Waals surface area contributed by atoms with Crippen molar-refractivity contribution in [3.63, 3.8) is 0 Å². The van der Waals surface area contributed by atoms with Gasteiger partial charge in [-0.15, -0.1) is 11.3 Å². The van der Waals surface area contributed by atoms with E-state index in [-0.39, 0.29) is 6.04 Å². The molecule has 0 fully saturated rings. The van der Waals surface area contributed by atoms with Crippen LogP contribution in [0.15, 0.2) is 23.8 Å². The first-order valence-electron chi connectivity index (χ1n) is 4.78. The lowest BCUT2D eigenvalue weighted by Gasteiger charge is -2.14. The van der Waals surface area contributed by atoms with E-state index in [0.717, 1.165) is 22.3 Å². The number of aromatic nitrogens is 2. The molecule has 2 heterocycles. The van der Waals surface area contributed by atoms with Crippen LogP contribution in [0.2, 0.25) is 5.02 Å². The summed E-state index contributed by atoms with van der Waals surface area (Å²) in [6.07, 6.45) is 3.57. The summed E-state index contributed by atoms with van der Waals surface area (Å²) < 4.78 is 0. The highest BCUT2D eigenvalue weighted by Crippen LogP contribution is 2.31. The van der Waals surface area contributed by atoms with Crippen LogP contribution in [-0.2, 0) is 0 Å². The van der Waals surface area contributed by atoms with Gasteiger partial charge in [-0.1, -0.05) is 18.5 Å². The maximum absolute atomic E-state index is 6.12. The number of hydrogen-bond donors (Lipinski definition) is 2. The van der Waals surface area contributed by atoms with Gasteiger partial charge in [0.05, 0.1) is 5.02 Å². The molecule has 0 aliphatic rings. The van der Waals surface area contributed by atoms with Crippen LogP contribution in [0.5, 0.6) is 0 Å². The van der Waals surface area contributed by atoms with Crippen molar-refractivity contribution in [2.24, 2.45) is 0 Å². The van der Waals surface area contributed by atoms with Gasteiger partial charge in [0.15, 0.2) is 0 Å². The lowest BCUT2D eigenvalue weighted by molar-refractivity contribution is 0.612. The van der Waals surface area contributed by atoms with Crippen LogP contribution in [0, 0.1) is 0 Å². The van der Waals surface area contributed by atoms with Gasteiger partial charge in [-0.3, -0.25) is 0 Å². The zero-order valence-electron chi connectivity index (χ0n) is 8.33. The summed E-state index contributed by atoms with van der Waals surface area (Å²) in [5.41, 5.74) is 0. The van der Waals surface area contributed by atoms with Crippen molar-refractivity contribution in [1.29, 1.82) is 0 Å². The predicted octanol–water partition coefficient (Wildman–Crippen LogP) is 2.82. The quantitative estimate of drug-likeness (QED) is 0.864. The summed E-state index contributed by atoms with van der Waals surface area (Å²) in [6, 6.07) is 1.98. The van der Waals surface area contributed by atoms with Crippen molar-refractivity contribution < 1.29 is 0 Å². The molecule has 0 saturated carbocycles. The third-order valence-corrected chi connectivity index (χ3v) is 3.53. The van der Waals surface area contributed by atoms with Crippen LogP contribution < -0.4 is 5.32 Å². The Morgan fingerprint density at radius 2 is 2.53 bits per heavy atom. The Labute approximate surface area is 97.5 Å². The first-order chi connectivity index (χ1) is 7.33. The summed E-state index contributed by atoms with van der Waals surface area (Å²) >= 11 is 7.76. The van der Waals surface area contributed by atoms with E-state index in [4.69, 9.17) is 11.6 Å². The molecule has 2 rings (SSSR count). The molecule has 0 spiro atoms. The molecule has 1 atom stereocenters. The summed E-state index contributed by atoms with van der Waals surface area (Å²) in [5, 5.41) is 6.15. The topological polar surface area (TPSA) is 40.7 Å². The predicted molar refractivity (Wildman–Crippen MR) is 63.4 cm³/mol. The van der Waals surface area contributed by atoms with E-state index in [1.165, 1.54) is 0 Å². The molecule has 5 heteroatoms. The second-order valence-electron chi connectivity index (χ2n) is 3.10. The van der Waals surface area contributed by atoms with E-state index in [9.17, 15) is 0 Å². The van der Waals surface area contributed by atoms with E-state index in [2.05, 4.69) is 22.2 Å². The number of nitrogens with one attached hydrogen (secondary N) is 2. The maximum atomic E-state index is 6.12. The molecule has 0 aromatic carbocycles. The Bertz CT molecular complexity index is 410. The standard InChI is InChI=1S/C10H12ClN3S/c1-2-12-8(10-13-4-5-14-10)9-7(11)3-6-15-9/h3-6,8,12H,2H2,1H3,(H,13,14). The molecule has 2 aromatic rings. The molecule has 0 radical (unpaired) electrons. The molecule has 0 bridgehead atoms. The molecular weight excluding hydrogens is 230 g/mol. The van der Waals surface area contributed by atoms with Crippen molar-refractivity contribution in [2.45, 2.75) is 13.0 Å². The van der Waals surface area contributed by atoms with E-state index >= 15 is 0 Å². The largest absolute Gasteiger partial charge is 0.347 e. The fourth-order valence-electron chi connectivity index (χ4n) is 1.46. The van der Waals surface area contributed by atoms with E-state index in [1.807, 2.05) is 17.6 Å². The maximum Gasteiger partial charge on any atom is 0.128 e. The second-order valence-corrected chi connectivity index (χ2v) is 4.45. The van der Waals surface area contributed by atoms with Gasteiger partial charge in [-0.25, -0.2) is 4.98 Å². The van der Waals surface area contributed by atoms with Gasteiger partial charge >= 0.3 is 0 Å². The fourth-order valence-corrected chi connectivity index (χ4v) is 2.71. The van der Waals surface area contributed by atoms with Crippen LogP contribution in [0.25, 0.3) is 0 Å². The van der Waals surface area contributed by atoms with Crippen LogP contribution in [0.1, 0.15) is 23.7 Å². The summed E-state index contributed by atoms with van der Waals surface area (Å²) in [5.74, 6) is 0.904. The monoisotopic (exact) mass is 241 g/mol. The molecule has 2 aromatic heterocycles. The molecular formula is C10H12ClN3S. The van der Waals surface area contributed by atoms with Gasteiger partial charge in [0.25, 0.3) is 0 Å². The molecule has 0 aliphatic carbocycles. The smallest absolute Gasteiger partial charge is 0.128 e. The normalized spacial score (nSPS) is 12.9. The van der Waals surface area contributed by atoms with Crippen LogP contribution >= 0.6 is 22.9 Å². The van der Waals surface area contributed by atoms with Crippen LogP contribution in [-0.4, -0.2) is 16.5 Å². The number of nitrogens with zero attached hydrogens (tertiary/aromatic N) is 1. The summed E-state index contributed by atoms with van der Waals surface area (Å²) in [7, 11) is 0. The van der Waals surface area contributed by atoms with Crippen molar-refractivity contribution in [2.75, 3.05) is 6.54 Å². The number of thiophene rings is 1. The third-order valence-electron chi connectivity index (χ3n) is 2.11. The SMILES string of the molecule is CCNC(c1ncc[nH]1)c1sccc1Cl. The van der Waals surface area contributed by atoms with Gasteiger partial charge in [-0.2, -0.15) is 0 Å². The van der Waals surface area contributed by atoms with Crippen LogP contribution in [0.4, 0.5) is 0 Å². The molecule has 80 valence electrons. The number of halogens is 1. The number of imidazole rings is 1. The molecule has 1 unspecified atom stereocenters. The van der Waals surface area contributed by atoms with E-state index in [0.29, 0.717) is 0 Å². The number of rotatable bonds is 4. The highest BCUT2D eigenvalue weighted by molar-refractivity contribution is 7.10. The molecule has 0 aliphatic heterocycles. The van der Waals surface area contributed by atoms with E-state index < -0.39 is 0 Å². The Kier molecular flexibility index (Phi) is 3.41. The average Bonchev–Trinajstić information content (AvgIpc) is 2.85. The zero-order valence-corrected chi connectivity index (χ0v) is 9.90. The molecule has 15 heavy (non-hydrogen) atoms. The lowest BCUT2D eigenvalue weighted by atomic mass is 10.2. The van der Waals surface area contributed by atoms with Gasteiger partial charge in [0.2, 0.25) is 0 Å². The second kappa shape index (κ2) is 4.79. The van der Waals surface area contributed by atoms with Crippen molar-refractivity contribution >= 4 is 22.9 Å². The molecule has 2 N–H and O–H groups in total. The number of hydrogen-bond acceptors (Lipinski definition) is 3. The van der Waals surface area contributed by atoms with Gasteiger partial charge in [-0.05, 0) is 18.0 Å². The lowest BCUT2D eigenvalue weighted by Crippen LogP contribution is -2.22. The summed E-state index contributed by atoms with van der Waals surface area (Å²) in [6.45, 7) is 2.94. The minimum atomic E-state index is 0.0671. The Balaban J connectivity index is 2.32.